The molecule has 0 unspecified atom stereocenters. The van der Waals surface area contributed by atoms with Gasteiger partial charge in [0.15, 0.2) is 0 Å². The first-order valence-electron chi connectivity index (χ1n) is 6.34. The maximum absolute atomic E-state index is 11.0. The summed E-state index contributed by atoms with van der Waals surface area (Å²) in [6.45, 7) is 9.52. The Bertz CT molecular complexity index is 363. The van der Waals surface area contributed by atoms with E-state index in [2.05, 4.69) is 25.1 Å². The predicted molar refractivity (Wildman–Crippen MR) is 74.0 cm³/mol. The van der Waals surface area contributed by atoms with Crippen LogP contribution in [0.25, 0.3) is 0 Å². The Morgan fingerprint density at radius 3 is 2.00 bits per heavy atom. The van der Waals surface area contributed by atoms with Crippen molar-refractivity contribution in [1.29, 1.82) is 0 Å². The van der Waals surface area contributed by atoms with Gasteiger partial charge < -0.3 is 4.79 Å². The molecule has 1 aromatic carbocycles. The first-order valence-corrected chi connectivity index (χ1v) is 6.34. The van der Waals surface area contributed by atoms with Crippen molar-refractivity contribution < 1.29 is 37.5 Å². The van der Waals surface area contributed by atoms with E-state index >= 15 is 0 Å². The molecule has 0 atom stereocenters. The van der Waals surface area contributed by atoms with Crippen LogP contribution in [0, 0.1) is 6.08 Å². The van der Waals surface area contributed by atoms with E-state index in [0.717, 1.165) is 18.4 Å². The summed E-state index contributed by atoms with van der Waals surface area (Å²) in [5, 5.41) is 0. The Hall–Kier alpha value is -0.266. The number of hydrogen-bond acceptors (Lipinski definition) is 1. The molecule has 0 heterocycles. The van der Waals surface area contributed by atoms with Gasteiger partial charge in [-0.25, -0.2) is 0 Å². The molecule has 0 fully saturated rings. The minimum Gasteiger partial charge on any atom is -0.352 e. The second-order valence-electron chi connectivity index (χ2n) is 3.75. The molecule has 1 nitrogen and oxygen atoms in total. The fourth-order valence-corrected chi connectivity index (χ4v) is 1.35. The van der Waals surface area contributed by atoms with Crippen molar-refractivity contribution in [2.75, 3.05) is 0 Å². The standard InChI is InChI=1S/C14H17O.C2H6.Y/c1-4-5-13-6-8-14(9-7-13)10-11(2)12(3)15;1-2;/h6-9H,4-5H2,1-3H3;1-2H3;/q-1;;. The smallest absolute Gasteiger partial charge is 0.0803 e. The van der Waals surface area contributed by atoms with Crippen LogP contribution in [0.1, 0.15) is 52.2 Å². The summed E-state index contributed by atoms with van der Waals surface area (Å²) < 4.78 is 0. The van der Waals surface area contributed by atoms with Crippen molar-refractivity contribution in [3.05, 3.63) is 47.0 Å². The van der Waals surface area contributed by atoms with Crippen LogP contribution in [-0.2, 0) is 43.9 Å². The van der Waals surface area contributed by atoms with Crippen LogP contribution >= 0.6 is 0 Å². The molecule has 0 saturated carbocycles. The number of allylic oxidation sites excluding steroid dienone is 1. The predicted octanol–water partition coefficient (Wildman–Crippen LogP) is 4.35. The third-order valence-corrected chi connectivity index (χ3v) is 2.35. The zero-order chi connectivity index (χ0) is 13.3. The van der Waals surface area contributed by atoms with Gasteiger partial charge in [0.2, 0.25) is 0 Å². The molecule has 1 aromatic rings. The topological polar surface area (TPSA) is 17.1 Å². The summed E-state index contributed by atoms with van der Waals surface area (Å²) in [5.74, 6) is 0.0765. The van der Waals surface area contributed by atoms with Crippen molar-refractivity contribution in [2.45, 2.75) is 47.5 Å². The van der Waals surface area contributed by atoms with Crippen LogP contribution in [0.4, 0.5) is 0 Å². The van der Waals surface area contributed by atoms with Crippen LogP contribution in [0.2, 0.25) is 0 Å². The van der Waals surface area contributed by atoms with Gasteiger partial charge in [-0.05, 0) is 13.3 Å². The Morgan fingerprint density at radius 2 is 1.61 bits per heavy atom. The van der Waals surface area contributed by atoms with E-state index in [-0.39, 0.29) is 38.5 Å². The average molecular weight is 320 g/mol. The van der Waals surface area contributed by atoms with Crippen LogP contribution < -0.4 is 0 Å². The molecule has 0 amide bonds. The molecule has 0 aromatic heterocycles. The second-order valence-corrected chi connectivity index (χ2v) is 3.75. The molecule has 0 aliphatic carbocycles. The SMILES string of the molecule is CC.CCCc1ccc([C-]=C(C)C(C)=O)cc1.[Y]. The van der Waals surface area contributed by atoms with Crippen LogP contribution in [0.15, 0.2) is 29.8 Å². The Kier molecular flexibility index (Phi) is 13.2. The molecule has 1 rings (SSSR count). The summed E-state index contributed by atoms with van der Waals surface area (Å²) in [4.78, 5) is 11.0. The van der Waals surface area contributed by atoms with E-state index in [0.29, 0.717) is 5.57 Å². The third-order valence-electron chi connectivity index (χ3n) is 2.35. The fraction of sp³-hybridized carbons (Fsp3) is 0.438. The summed E-state index contributed by atoms with van der Waals surface area (Å²) in [6, 6.07) is 8.22. The van der Waals surface area contributed by atoms with Crippen LogP contribution in [0.3, 0.4) is 0 Å². The number of benzene rings is 1. The zero-order valence-electron chi connectivity index (χ0n) is 12.2. The molecule has 0 aliphatic heterocycles. The number of ketones is 1. The Labute approximate surface area is 137 Å². The maximum atomic E-state index is 11.0. The Balaban J connectivity index is 0. The van der Waals surface area contributed by atoms with Gasteiger partial charge in [0.25, 0.3) is 0 Å². The summed E-state index contributed by atoms with van der Waals surface area (Å²) in [6.07, 6.45) is 5.34. The molecule has 18 heavy (non-hydrogen) atoms. The van der Waals surface area contributed by atoms with Gasteiger partial charge in [-0.2, -0.15) is 0 Å². The van der Waals surface area contributed by atoms with Crippen molar-refractivity contribution in [2.24, 2.45) is 0 Å². The summed E-state index contributed by atoms with van der Waals surface area (Å²) >= 11 is 0. The number of rotatable bonds is 4. The fourth-order valence-electron chi connectivity index (χ4n) is 1.35. The zero-order valence-corrected chi connectivity index (χ0v) is 15.0. The molecule has 0 N–H and O–H groups in total. The third kappa shape index (κ3) is 7.95. The van der Waals surface area contributed by atoms with Gasteiger partial charge in [0.1, 0.15) is 0 Å². The monoisotopic (exact) mass is 320 g/mol. The van der Waals surface area contributed by atoms with Gasteiger partial charge in [0, 0.05) is 32.7 Å². The molecule has 0 aliphatic rings. The normalized spacial score (nSPS) is 9.94. The second kappa shape index (κ2) is 11.8. The number of aryl methyl sites for hydroxylation is 1. The molecular weight excluding hydrogens is 297 g/mol. The molecular formula is C16H23OY-. The maximum Gasteiger partial charge on any atom is 0.0803 e. The summed E-state index contributed by atoms with van der Waals surface area (Å²) in [7, 11) is 0. The van der Waals surface area contributed by atoms with Crippen molar-refractivity contribution in [1.82, 2.24) is 0 Å². The van der Waals surface area contributed by atoms with Crippen molar-refractivity contribution >= 4 is 5.78 Å². The summed E-state index contributed by atoms with van der Waals surface area (Å²) in [5.41, 5.74) is 2.99. The average Bonchev–Trinajstić information content (AvgIpc) is 2.34. The Morgan fingerprint density at radius 1 is 1.11 bits per heavy atom. The number of hydrogen-bond donors (Lipinski definition) is 0. The molecule has 97 valence electrons. The number of carbonyl (C=O) groups is 1. The molecule has 0 saturated heterocycles. The van der Waals surface area contributed by atoms with E-state index in [4.69, 9.17) is 0 Å². The van der Waals surface area contributed by atoms with Gasteiger partial charge in [-0.1, -0.05) is 45.3 Å². The van der Waals surface area contributed by atoms with E-state index in [1.807, 2.05) is 26.0 Å². The first-order chi connectivity index (χ1) is 8.13. The van der Waals surface area contributed by atoms with E-state index < -0.39 is 0 Å². The van der Waals surface area contributed by atoms with Gasteiger partial charge >= 0.3 is 0 Å². The molecule has 1 radical (unpaired) electrons. The minimum atomic E-state index is 0. The van der Waals surface area contributed by atoms with E-state index in [9.17, 15) is 4.79 Å². The first kappa shape index (κ1) is 20.1. The number of Topliss-reactive ketones (excluding diaryl/α,β-unsaturated/α-hetero) is 1. The molecule has 0 bridgehead atoms. The minimum absolute atomic E-state index is 0. The number of carbonyl (C=O) groups excluding carboxylic acids is 1. The van der Waals surface area contributed by atoms with Gasteiger partial charge in [0.05, 0.1) is 5.78 Å². The van der Waals surface area contributed by atoms with Gasteiger partial charge in [-0.15, -0.1) is 35.9 Å². The van der Waals surface area contributed by atoms with E-state index in [1.165, 1.54) is 5.56 Å². The van der Waals surface area contributed by atoms with Crippen LogP contribution in [-0.4, -0.2) is 5.78 Å². The quantitative estimate of drug-likeness (QED) is 0.595. The van der Waals surface area contributed by atoms with E-state index in [1.54, 1.807) is 13.8 Å². The largest absolute Gasteiger partial charge is 0.352 e. The van der Waals surface area contributed by atoms with Crippen molar-refractivity contribution in [3.8, 4) is 0 Å². The van der Waals surface area contributed by atoms with Crippen molar-refractivity contribution in [3.63, 3.8) is 0 Å². The van der Waals surface area contributed by atoms with Crippen LogP contribution in [0.5, 0.6) is 0 Å². The molecule has 0 spiro atoms. The van der Waals surface area contributed by atoms with Gasteiger partial charge in [-0.3, -0.25) is 0 Å². The molecule has 2 heteroatoms.